The number of methoxy groups -OCH3 is 2. The lowest BCUT2D eigenvalue weighted by molar-refractivity contribution is -0.132. The second-order valence-electron chi connectivity index (χ2n) is 8.07. The summed E-state index contributed by atoms with van der Waals surface area (Å²) in [6.45, 7) is 7.77. The Bertz CT molecular complexity index is 856. The van der Waals surface area contributed by atoms with E-state index in [0.717, 1.165) is 43.1 Å². The summed E-state index contributed by atoms with van der Waals surface area (Å²) in [4.78, 5) is 17.6. The van der Waals surface area contributed by atoms with Crippen molar-refractivity contribution >= 4 is 17.7 Å². The van der Waals surface area contributed by atoms with Gasteiger partial charge >= 0.3 is 0 Å². The summed E-state index contributed by atoms with van der Waals surface area (Å²) < 4.78 is 10.5. The molecule has 2 aromatic rings. The molecule has 5 nitrogen and oxygen atoms in total. The van der Waals surface area contributed by atoms with E-state index in [1.165, 1.54) is 16.7 Å². The standard InChI is InChI=1S/C25H34N2O3S/c1-19-6-7-20(2)22(16-19)17-26(12-5-14-29-3)18-24(28)27-13-15-31-25(27)21-8-10-23(30-4)11-9-21/h6-11,16,25H,5,12-15,17-18H2,1-4H3. The average molecular weight is 443 g/mol. The van der Waals surface area contributed by atoms with E-state index in [2.05, 4.69) is 49.1 Å². The lowest BCUT2D eigenvalue weighted by Gasteiger charge is -2.29. The first-order chi connectivity index (χ1) is 15.0. The largest absolute Gasteiger partial charge is 0.497 e. The molecule has 1 aliphatic rings. The van der Waals surface area contributed by atoms with Gasteiger partial charge in [0, 0.05) is 39.1 Å². The molecular formula is C25H34N2O3S. The zero-order chi connectivity index (χ0) is 22.2. The van der Waals surface area contributed by atoms with Crippen LogP contribution in [0.5, 0.6) is 5.75 Å². The SMILES string of the molecule is COCCCN(CC(=O)N1CCSC1c1ccc(OC)cc1)Cc1cc(C)ccc1C. The first-order valence-corrected chi connectivity index (χ1v) is 11.9. The summed E-state index contributed by atoms with van der Waals surface area (Å²) >= 11 is 1.83. The van der Waals surface area contributed by atoms with Gasteiger partial charge in [-0.25, -0.2) is 0 Å². The van der Waals surface area contributed by atoms with Crippen molar-refractivity contribution in [2.75, 3.05) is 46.2 Å². The normalized spacial score (nSPS) is 16.2. The van der Waals surface area contributed by atoms with Crippen LogP contribution in [0.2, 0.25) is 0 Å². The molecule has 1 fully saturated rings. The minimum atomic E-state index is 0.0694. The Kier molecular flexibility index (Phi) is 8.81. The molecule has 0 aromatic heterocycles. The maximum atomic E-state index is 13.4. The molecule has 1 heterocycles. The van der Waals surface area contributed by atoms with Gasteiger partial charge in [0.1, 0.15) is 11.1 Å². The van der Waals surface area contributed by atoms with Crippen LogP contribution in [-0.2, 0) is 16.1 Å². The van der Waals surface area contributed by atoms with Gasteiger partial charge in [-0.2, -0.15) is 0 Å². The molecule has 0 bridgehead atoms. The number of nitrogens with zero attached hydrogens (tertiary/aromatic N) is 2. The maximum Gasteiger partial charge on any atom is 0.237 e. The number of ether oxygens (including phenoxy) is 2. The second kappa shape index (κ2) is 11.6. The number of carbonyl (C=O) groups is 1. The van der Waals surface area contributed by atoms with Crippen molar-refractivity contribution in [3.63, 3.8) is 0 Å². The van der Waals surface area contributed by atoms with Crippen LogP contribution >= 0.6 is 11.8 Å². The van der Waals surface area contributed by atoms with Gasteiger partial charge in [0.25, 0.3) is 0 Å². The Morgan fingerprint density at radius 3 is 2.65 bits per heavy atom. The maximum absolute atomic E-state index is 13.4. The van der Waals surface area contributed by atoms with Crippen LogP contribution < -0.4 is 4.74 Å². The third-order valence-corrected chi connectivity index (χ3v) is 6.95. The Balaban J connectivity index is 1.71. The number of aryl methyl sites for hydroxylation is 2. The molecule has 168 valence electrons. The van der Waals surface area contributed by atoms with Crippen LogP contribution in [0.15, 0.2) is 42.5 Å². The van der Waals surface area contributed by atoms with Crippen molar-refractivity contribution < 1.29 is 14.3 Å². The van der Waals surface area contributed by atoms with Crippen molar-refractivity contribution in [1.29, 1.82) is 0 Å². The van der Waals surface area contributed by atoms with Gasteiger partial charge in [0.2, 0.25) is 5.91 Å². The molecule has 0 saturated carbocycles. The minimum absolute atomic E-state index is 0.0694. The highest BCUT2D eigenvalue weighted by atomic mass is 32.2. The number of hydrogen-bond donors (Lipinski definition) is 0. The van der Waals surface area contributed by atoms with Crippen molar-refractivity contribution in [1.82, 2.24) is 9.80 Å². The number of rotatable bonds is 10. The van der Waals surface area contributed by atoms with E-state index < -0.39 is 0 Å². The topological polar surface area (TPSA) is 42.0 Å². The molecule has 1 aliphatic heterocycles. The van der Waals surface area contributed by atoms with E-state index in [4.69, 9.17) is 9.47 Å². The van der Waals surface area contributed by atoms with Gasteiger partial charge in [0.05, 0.1) is 13.7 Å². The first kappa shape index (κ1) is 23.6. The Labute approximate surface area is 190 Å². The third kappa shape index (κ3) is 6.48. The number of hydrogen-bond acceptors (Lipinski definition) is 5. The van der Waals surface area contributed by atoms with Crippen LogP contribution in [0, 0.1) is 13.8 Å². The molecule has 2 aromatic carbocycles. The summed E-state index contributed by atoms with van der Waals surface area (Å²) in [7, 11) is 3.39. The van der Waals surface area contributed by atoms with E-state index in [1.807, 2.05) is 28.8 Å². The Morgan fingerprint density at radius 1 is 1.16 bits per heavy atom. The minimum Gasteiger partial charge on any atom is -0.497 e. The molecule has 1 atom stereocenters. The van der Waals surface area contributed by atoms with Gasteiger partial charge in [-0.05, 0) is 49.1 Å². The molecule has 3 rings (SSSR count). The highest BCUT2D eigenvalue weighted by Crippen LogP contribution is 2.38. The van der Waals surface area contributed by atoms with Gasteiger partial charge in [-0.3, -0.25) is 9.69 Å². The summed E-state index contributed by atoms with van der Waals surface area (Å²) in [6, 6.07) is 14.6. The van der Waals surface area contributed by atoms with Crippen molar-refractivity contribution in [2.45, 2.75) is 32.2 Å². The van der Waals surface area contributed by atoms with E-state index in [1.54, 1.807) is 14.2 Å². The molecule has 1 unspecified atom stereocenters. The molecule has 31 heavy (non-hydrogen) atoms. The van der Waals surface area contributed by atoms with Crippen LogP contribution in [0.4, 0.5) is 0 Å². The Hall–Kier alpha value is -2.02. The summed E-state index contributed by atoms with van der Waals surface area (Å²) in [6.07, 6.45) is 0.908. The summed E-state index contributed by atoms with van der Waals surface area (Å²) in [5.41, 5.74) is 4.95. The molecule has 0 N–H and O–H groups in total. The lowest BCUT2D eigenvalue weighted by Crippen LogP contribution is -2.40. The predicted octanol–water partition coefficient (Wildman–Crippen LogP) is 4.42. The first-order valence-electron chi connectivity index (χ1n) is 10.8. The average Bonchev–Trinajstić information content (AvgIpc) is 3.26. The molecule has 1 amide bonds. The third-order valence-electron chi connectivity index (χ3n) is 5.69. The fraction of sp³-hybridized carbons (Fsp3) is 0.480. The number of benzene rings is 2. The zero-order valence-electron chi connectivity index (χ0n) is 19.1. The zero-order valence-corrected chi connectivity index (χ0v) is 19.9. The monoisotopic (exact) mass is 442 g/mol. The smallest absolute Gasteiger partial charge is 0.237 e. The van der Waals surface area contributed by atoms with Crippen LogP contribution in [0.3, 0.4) is 0 Å². The number of carbonyl (C=O) groups excluding carboxylic acids is 1. The summed E-state index contributed by atoms with van der Waals surface area (Å²) in [5.74, 6) is 1.99. The molecule has 0 spiro atoms. The highest BCUT2D eigenvalue weighted by molar-refractivity contribution is 7.99. The molecule has 0 aliphatic carbocycles. The Morgan fingerprint density at radius 2 is 1.94 bits per heavy atom. The summed E-state index contributed by atoms with van der Waals surface area (Å²) in [5, 5.41) is 0.0694. The van der Waals surface area contributed by atoms with Gasteiger partial charge in [0.15, 0.2) is 0 Å². The van der Waals surface area contributed by atoms with Crippen LogP contribution in [0.1, 0.15) is 34.0 Å². The molecule has 0 radical (unpaired) electrons. The molecule has 6 heteroatoms. The number of amides is 1. The quantitative estimate of drug-likeness (QED) is 0.510. The van der Waals surface area contributed by atoms with Crippen LogP contribution in [0.25, 0.3) is 0 Å². The van der Waals surface area contributed by atoms with Crippen molar-refractivity contribution in [2.24, 2.45) is 0 Å². The van der Waals surface area contributed by atoms with Gasteiger partial charge in [-0.15, -0.1) is 11.8 Å². The molecule has 1 saturated heterocycles. The van der Waals surface area contributed by atoms with Gasteiger partial charge in [-0.1, -0.05) is 35.9 Å². The van der Waals surface area contributed by atoms with Gasteiger partial charge < -0.3 is 14.4 Å². The molecular weight excluding hydrogens is 408 g/mol. The lowest BCUT2D eigenvalue weighted by atomic mass is 10.1. The van der Waals surface area contributed by atoms with Crippen LogP contribution in [-0.4, -0.2) is 61.9 Å². The van der Waals surface area contributed by atoms with E-state index >= 15 is 0 Å². The van der Waals surface area contributed by atoms with E-state index in [-0.39, 0.29) is 11.3 Å². The van der Waals surface area contributed by atoms with Crippen molar-refractivity contribution in [3.05, 3.63) is 64.7 Å². The fourth-order valence-electron chi connectivity index (χ4n) is 3.91. The number of thioether (sulfide) groups is 1. The van der Waals surface area contributed by atoms with E-state index in [0.29, 0.717) is 13.2 Å². The van der Waals surface area contributed by atoms with E-state index in [9.17, 15) is 4.79 Å². The highest BCUT2D eigenvalue weighted by Gasteiger charge is 2.31. The fourth-order valence-corrected chi connectivity index (χ4v) is 5.19. The van der Waals surface area contributed by atoms with Crippen molar-refractivity contribution in [3.8, 4) is 5.75 Å². The second-order valence-corrected chi connectivity index (χ2v) is 9.26. The predicted molar refractivity (Wildman–Crippen MR) is 128 cm³/mol.